The van der Waals surface area contributed by atoms with E-state index in [1.165, 1.54) is 29.2 Å². The monoisotopic (exact) mass is 396 g/mol. The van der Waals surface area contributed by atoms with Gasteiger partial charge < -0.3 is 0 Å². The van der Waals surface area contributed by atoms with E-state index in [0.717, 1.165) is 10.1 Å². The average molecular weight is 397 g/mol. The number of aromatic nitrogens is 3. The van der Waals surface area contributed by atoms with Crippen LogP contribution >= 0.6 is 46.3 Å². The molecule has 5 nitrogen and oxygen atoms in total. The molecular formula is C15H10Cl2N4OS2. The van der Waals surface area contributed by atoms with Crippen LogP contribution in [0.25, 0.3) is 0 Å². The minimum absolute atomic E-state index is 0.156. The van der Waals surface area contributed by atoms with Crippen molar-refractivity contribution in [3.8, 4) is 0 Å². The molecule has 0 aliphatic rings. The van der Waals surface area contributed by atoms with Crippen molar-refractivity contribution in [1.82, 2.24) is 15.2 Å². The largest absolute Gasteiger partial charge is 0.296 e. The second kappa shape index (κ2) is 7.94. The fourth-order valence-electron chi connectivity index (χ4n) is 1.75. The molecule has 2 aromatic heterocycles. The van der Waals surface area contributed by atoms with Crippen molar-refractivity contribution in [1.29, 1.82) is 0 Å². The fourth-order valence-corrected chi connectivity index (χ4v) is 3.73. The number of carbonyl (C=O) groups is 1. The summed E-state index contributed by atoms with van der Waals surface area (Å²) >= 11 is 14.5. The molecule has 0 unspecified atom stereocenters. The molecule has 0 radical (unpaired) electrons. The summed E-state index contributed by atoms with van der Waals surface area (Å²) in [6, 6.07) is 11.5. The number of anilines is 1. The second-order valence-electron chi connectivity index (χ2n) is 4.60. The summed E-state index contributed by atoms with van der Waals surface area (Å²) in [5, 5.41) is 11.5. The summed E-state index contributed by atoms with van der Waals surface area (Å²) in [5.41, 5.74) is 1.50. The molecule has 0 saturated carbocycles. The van der Waals surface area contributed by atoms with Crippen LogP contribution in [0.4, 0.5) is 5.13 Å². The van der Waals surface area contributed by atoms with Crippen LogP contribution in [0.2, 0.25) is 10.2 Å². The van der Waals surface area contributed by atoms with Crippen molar-refractivity contribution in [2.24, 2.45) is 0 Å². The number of nitrogens with one attached hydrogen (secondary N) is 1. The van der Waals surface area contributed by atoms with Gasteiger partial charge in [-0.2, -0.15) is 0 Å². The number of benzene rings is 1. The molecular weight excluding hydrogens is 387 g/mol. The maximum atomic E-state index is 12.1. The standard InChI is InChI=1S/C15H10Cl2N4OS2/c16-11-6-10(7-18-12(11)17)13(22)19-14-20-21-15(24-14)23-8-9-4-2-1-3-5-9/h1-7H,8H2,(H,19,20,22). The Labute approximate surface area is 156 Å². The Kier molecular flexibility index (Phi) is 5.68. The number of hydrogen-bond donors (Lipinski definition) is 1. The summed E-state index contributed by atoms with van der Waals surface area (Å²) in [7, 11) is 0. The lowest BCUT2D eigenvalue weighted by molar-refractivity contribution is 0.102. The summed E-state index contributed by atoms with van der Waals surface area (Å²) in [6.45, 7) is 0. The van der Waals surface area contributed by atoms with Gasteiger partial charge in [0.1, 0.15) is 5.15 Å². The lowest BCUT2D eigenvalue weighted by Gasteiger charge is -2.01. The van der Waals surface area contributed by atoms with Crippen LogP contribution in [-0.2, 0) is 5.75 Å². The highest BCUT2D eigenvalue weighted by molar-refractivity contribution is 8.00. The number of amides is 1. The summed E-state index contributed by atoms with van der Waals surface area (Å²) in [5.74, 6) is 0.428. The topological polar surface area (TPSA) is 67.8 Å². The van der Waals surface area contributed by atoms with Crippen LogP contribution in [0.15, 0.2) is 46.9 Å². The minimum Gasteiger partial charge on any atom is -0.296 e. The van der Waals surface area contributed by atoms with Gasteiger partial charge in [-0.1, -0.05) is 76.6 Å². The molecule has 0 bridgehead atoms. The molecule has 3 aromatic rings. The Hall–Kier alpha value is -1.67. The van der Waals surface area contributed by atoms with E-state index in [1.807, 2.05) is 30.3 Å². The van der Waals surface area contributed by atoms with E-state index in [-0.39, 0.29) is 16.1 Å². The zero-order valence-corrected chi connectivity index (χ0v) is 15.2. The first-order valence-electron chi connectivity index (χ1n) is 6.74. The number of nitrogens with zero attached hydrogens (tertiary/aromatic N) is 3. The molecule has 0 fully saturated rings. The predicted octanol–water partition coefficient (Wildman–Crippen LogP) is 4.78. The smallest absolute Gasteiger partial charge is 0.259 e. The first kappa shape index (κ1) is 17.2. The van der Waals surface area contributed by atoms with Crippen LogP contribution < -0.4 is 5.32 Å². The zero-order chi connectivity index (χ0) is 16.9. The van der Waals surface area contributed by atoms with E-state index in [4.69, 9.17) is 23.2 Å². The summed E-state index contributed by atoms with van der Waals surface area (Å²) in [6.07, 6.45) is 1.36. The van der Waals surface area contributed by atoms with E-state index >= 15 is 0 Å². The number of rotatable bonds is 5. The molecule has 0 aliphatic heterocycles. The first-order valence-corrected chi connectivity index (χ1v) is 9.30. The number of carbonyl (C=O) groups excluding carboxylic acids is 1. The molecule has 2 heterocycles. The fraction of sp³-hybridized carbons (Fsp3) is 0.0667. The maximum absolute atomic E-state index is 12.1. The van der Waals surface area contributed by atoms with E-state index in [1.54, 1.807) is 11.8 Å². The molecule has 3 rings (SSSR count). The van der Waals surface area contributed by atoms with Crippen LogP contribution in [0.5, 0.6) is 0 Å². The molecule has 1 aromatic carbocycles. The molecule has 9 heteroatoms. The van der Waals surface area contributed by atoms with Crippen molar-refractivity contribution in [3.05, 3.63) is 63.9 Å². The summed E-state index contributed by atoms with van der Waals surface area (Å²) < 4.78 is 0.779. The van der Waals surface area contributed by atoms with Gasteiger partial charge in [0.2, 0.25) is 5.13 Å². The number of pyridine rings is 1. The van der Waals surface area contributed by atoms with E-state index in [0.29, 0.717) is 10.7 Å². The third-order valence-electron chi connectivity index (χ3n) is 2.89. The second-order valence-corrected chi connectivity index (χ2v) is 7.56. The van der Waals surface area contributed by atoms with Gasteiger partial charge in [-0.25, -0.2) is 4.98 Å². The highest BCUT2D eigenvalue weighted by Gasteiger charge is 2.12. The highest BCUT2D eigenvalue weighted by atomic mass is 35.5. The molecule has 0 spiro atoms. The van der Waals surface area contributed by atoms with Gasteiger partial charge in [-0.15, -0.1) is 10.2 Å². The zero-order valence-electron chi connectivity index (χ0n) is 12.1. The van der Waals surface area contributed by atoms with Gasteiger partial charge in [0.15, 0.2) is 4.34 Å². The maximum Gasteiger partial charge on any atom is 0.259 e. The Balaban J connectivity index is 1.61. The molecule has 24 heavy (non-hydrogen) atoms. The van der Waals surface area contributed by atoms with Crippen molar-refractivity contribution in [3.63, 3.8) is 0 Å². The lowest BCUT2D eigenvalue weighted by Crippen LogP contribution is -2.12. The molecule has 122 valence electrons. The number of hydrogen-bond acceptors (Lipinski definition) is 6. The average Bonchev–Trinajstić information content (AvgIpc) is 3.04. The lowest BCUT2D eigenvalue weighted by atomic mass is 10.2. The van der Waals surface area contributed by atoms with Gasteiger partial charge in [0.25, 0.3) is 5.91 Å². The van der Waals surface area contributed by atoms with Crippen molar-refractivity contribution in [2.75, 3.05) is 5.32 Å². The van der Waals surface area contributed by atoms with Crippen LogP contribution in [0.3, 0.4) is 0 Å². The number of thioether (sulfide) groups is 1. The SMILES string of the molecule is O=C(Nc1nnc(SCc2ccccc2)s1)c1cnc(Cl)c(Cl)c1. The van der Waals surface area contributed by atoms with Crippen molar-refractivity contribution in [2.45, 2.75) is 10.1 Å². The highest BCUT2D eigenvalue weighted by Crippen LogP contribution is 2.28. The van der Waals surface area contributed by atoms with Gasteiger partial charge in [0.05, 0.1) is 10.6 Å². The molecule has 0 aliphatic carbocycles. The Bertz CT molecular complexity index is 858. The number of halogens is 2. The Morgan fingerprint density at radius 3 is 2.75 bits per heavy atom. The van der Waals surface area contributed by atoms with E-state index in [2.05, 4.69) is 20.5 Å². The molecule has 0 atom stereocenters. The van der Waals surface area contributed by atoms with Crippen LogP contribution in [0.1, 0.15) is 15.9 Å². The summed E-state index contributed by atoms with van der Waals surface area (Å²) in [4.78, 5) is 16.0. The molecule has 0 saturated heterocycles. The minimum atomic E-state index is -0.364. The van der Waals surface area contributed by atoms with Gasteiger partial charge in [0, 0.05) is 11.9 Å². The van der Waals surface area contributed by atoms with Gasteiger partial charge in [-0.3, -0.25) is 10.1 Å². The third-order valence-corrected chi connectivity index (χ3v) is 5.62. The van der Waals surface area contributed by atoms with Gasteiger partial charge in [-0.05, 0) is 11.6 Å². The van der Waals surface area contributed by atoms with E-state index < -0.39 is 0 Å². The Morgan fingerprint density at radius 2 is 2.00 bits per heavy atom. The molecule has 1 N–H and O–H groups in total. The first-order chi connectivity index (χ1) is 11.6. The quantitative estimate of drug-likeness (QED) is 0.381. The molecule has 1 amide bonds. The predicted molar refractivity (Wildman–Crippen MR) is 98.1 cm³/mol. The van der Waals surface area contributed by atoms with Gasteiger partial charge >= 0.3 is 0 Å². The van der Waals surface area contributed by atoms with Crippen LogP contribution in [0, 0.1) is 0 Å². The normalized spacial score (nSPS) is 10.6. The van der Waals surface area contributed by atoms with Crippen molar-refractivity contribution < 1.29 is 4.79 Å². The van der Waals surface area contributed by atoms with Crippen molar-refractivity contribution >= 4 is 57.3 Å². The Morgan fingerprint density at radius 1 is 1.21 bits per heavy atom. The van der Waals surface area contributed by atoms with Crippen LogP contribution in [-0.4, -0.2) is 21.1 Å². The third kappa shape index (κ3) is 4.45. The van der Waals surface area contributed by atoms with E-state index in [9.17, 15) is 4.79 Å².